The maximum absolute atomic E-state index is 12.6. The highest BCUT2D eigenvalue weighted by molar-refractivity contribution is 5.87. The van der Waals surface area contributed by atoms with Gasteiger partial charge in [0, 0.05) is 12.6 Å². The number of amides is 1. The molecule has 0 aliphatic carbocycles. The van der Waals surface area contributed by atoms with E-state index in [2.05, 4.69) is 5.32 Å². The zero-order chi connectivity index (χ0) is 13.8. The first-order chi connectivity index (χ1) is 9.19. The number of carbonyl (C=O) groups is 2. The van der Waals surface area contributed by atoms with Crippen molar-refractivity contribution in [1.82, 2.24) is 10.2 Å². The summed E-state index contributed by atoms with van der Waals surface area (Å²) < 4.78 is 10.2. The molecule has 108 valence electrons. The van der Waals surface area contributed by atoms with Gasteiger partial charge >= 0.3 is 5.97 Å². The van der Waals surface area contributed by atoms with Crippen LogP contribution in [0.2, 0.25) is 0 Å². The van der Waals surface area contributed by atoms with Gasteiger partial charge in [-0.25, -0.2) is 4.79 Å². The van der Waals surface area contributed by atoms with Crippen molar-refractivity contribution in [2.75, 3.05) is 33.4 Å². The third kappa shape index (κ3) is 2.90. The summed E-state index contributed by atoms with van der Waals surface area (Å²) in [7, 11) is 1.36. The van der Waals surface area contributed by atoms with E-state index in [-0.39, 0.29) is 23.8 Å². The van der Waals surface area contributed by atoms with Crippen LogP contribution in [-0.2, 0) is 19.1 Å². The van der Waals surface area contributed by atoms with Crippen molar-refractivity contribution in [1.29, 1.82) is 0 Å². The van der Waals surface area contributed by atoms with Crippen LogP contribution in [0.25, 0.3) is 0 Å². The molecule has 2 rings (SSSR count). The number of hydrogen-bond donors (Lipinski definition) is 1. The Hall–Kier alpha value is -1.14. The molecule has 2 aliphatic rings. The number of likely N-dealkylation sites (tertiary alicyclic amines) is 1. The lowest BCUT2D eigenvalue weighted by Crippen LogP contribution is -2.49. The molecule has 3 unspecified atom stereocenters. The number of esters is 1. The van der Waals surface area contributed by atoms with Crippen molar-refractivity contribution in [3.8, 4) is 0 Å². The van der Waals surface area contributed by atoms with Crippen LogP contribution in [0.15, 0.2) is 0 Å². The first-order valence-corrected chi connectivity index (χ1v) is 6.88. The lowest BCUT2D eigenvalue weighted by Gasteiger charge is -2.27. The smallest absolute Gasteiger partial charge is 0.328 e. The van der Waals surface area contributed by atoms with E-state index >= 15 is 0 Å². The third-order valence-corrected chi connectivity index (χ3v) is 3.87. The number of methoxy groups -OCH3 is 1. The van der Waals surface area contributed by atoms with Crippen molar-refractivity contribution >= 4 is 11.9 Å². The molecule has 19 heavy (non-hydrogen) atoms. The molecule has 0 aromatic carbocycles. The van der Waals surface area contributed by atoms with Gasteiger partial charge in [0.05, 0.1) is 26.2 Å². The van der Waals surface area contributed by atoms with E-state index in [4.69, 9.17) is 9.47 Å². The van der Waals surface area contributed by atoms with Crippen LogP contribution in [0.3, 0.4) is 0 Å². The predicted molar refractivity (Wildman–Crippen MR) is 68.5 cm³/mol. The second kappa shape index (κ2) is 6.34. The molecule has 1 amide bonds. The van der Waals surface area contributed by atoms with Gasteiger partial charge in [0.2, 0.25) is 5.91 Å². The Kier molecular flexibility index (Phi) is 4.76. The molecular formula is C13H22N2O4. The first kappa shape index (κ1) is 14.3. The molecule has 2 fully saturated rings. The topological polar surface area (TPSA) is 67.9 Å². The SMILES string of the molecule is CCNC1COCC1C(=O)N1CCCC1C(=O)OC. The van der Waals surface area contributed by atoms with Crippen molar-refractivity contribution in [3.63, 3.8) is 0 Å². The highest BCUT2D eigenvalue weighted by Gasteiger charge is 2.42. The molecule has 0 aromatic rings. The Balaban J connectivity index is 2.03. The summed E-state index contributed by atoms with van der Waals surface area (Å²) in [6.45, 7) is 4.43. The summed E-state index contributed by atoms with van der Waals surface area (Å²) in [4.78, 5) is 25.9. The second-order valence-corrected chi connectivity index (χ2v) is 5.02. The van der Waals surface area contributed by atoms with Gasteiger partial charge in [-0.3, -0.25) is 4.79 Å². The largest absolute Gasteiger partial charge is 0.467 e. The molecule has 2 heterocycles. The summed E-state index contributed by atoms with van der Waals surface area (Å²) in [5.41, 5.74) is 0. The van der Waals surface area contributed by atoms with E-state index in [9.17, 15) is 9.59 Å². The lowest BCUT2D eigenvalue weighted by molar-refractivity contribution is -0.152. The van der Waals surface area contributed by atoms with Gasteiger partial charge in [0.15, 0.2) is 0 Å². The molecule has 0 saturated carbocycles. The van der Waals surface area contributed by atoms with Gasteiger partial charge < -0.3 is 19.7 Å². The monoisotopic (exact) mass is 270 g/mol. The van der Waals surface area contributed by atoms with Crippen LogP contribution in [0.5, 0.6) is 0 Å². The average molecular weight is 270 g/mol. The third-order valence-electron chi connectivity index (χ3n) is 3.87. The van der Waals surface area contributed by atoms with Gasteiger partial charge in [-0.05, 0) is 19.4 Å². The molecule has 0 aromatic heterocycles. The van der Waals surface area contributed by atoms with Crippen LogP contribution in [0.4, 0.5) is 0 Å². The fourth-order valence-electron chi connectivity index (χ4n) is 2.89. The minimum absolute atomic E-state index is 0.0105. The van der Waals surface area contributed by atoms with E-state index in [1.165, 1.54) is 7.11 Å². The molecular weight excluding hydrogens is 248 g/mol. The Morgan fingerprint density at radius 3 is 2.89 bits per heavy atom. The van der Waals surface area contributed by atoms with Gasteiger partial charge in [-0.2, -0.15) is 0 Å². The molecule has 3 atom stereocenters. The van der Waals surface area contributed by atoms with E-state index < -0.39 is 6.04 Å². The Morgan fingerprint density at radius 2 is 2.21 bits per heavy atom. The van der Waals surface area contributed by atoms with E-state index in [0.29, 0.717) is 26.2 Å². The summed E-state index contributed by atoms with van der Waals surface area (Å²) in [6.07, 6.45) is 1.54. The normalized spacial score (nSPS) is 30.6. The van der Waals surface area contributed by atoms with Crippen LogP contribution in [0, 0.1) is 5.92 Å². The van der Waals surface area contributed by atoms with Gasteiger partial charge in [0.25, 0.3) is 0 Å². The minimum atomic E-state index is -0.416. The molecule has 2 aliphatic heterocycles. The van der Waals surface area contributed by atoms with Crippen LogP contribution < -0.4 is 5.32 Å². The van der Waals surface area contributed by atoms with Crippen molar-refractivity contribution in [3.05, 3.63) is 0 Å². The summed E-state index contributed by atoms with van der Waals surface area (Å²) in [5.74, 6) is -0.494. The van der Waals surface area contributed by atoms with Crippen molar-refractivity contribution < 1.29 is 19.1 Å². The lowest BCUT2D eigenvalue weighted by atomic mass is 10.0. The second-order valence-electron chi connectivity index (χ2n) is 5.02. The van der Waals surface area contributed by atoms with Crippen LogP contribution in [-0.4, -0.2) is 62.3 Å². The zero-order valence-corrected chi connectivity index (χ0v) is 11.6. The number of nitrogens with one attached hydrogen (secondary N) is 1. The number of rotatable bonds is 4. The number of carbonyl (C=O) groups excluding carboxylic acids is 2. The average Bonchev–Trinajstić information content (AvgIpc) is 3.06. The number of likely N-dealkylation sites (N-methyl/N-ethyl adjacent to an activating group) is 1. The number of hydrogen-bond acceptors (Lipinski definition) is 5. The molecule has 0 bridgehead atoms. The summed E-state index contributed by atoms with van der Waals surface area (Å²) in [5, 5.41) is 3.27. The Bertz CT molecular complexity index is 348. The molecule has 6 nitrogen and oxygen atoms in total. The predicted octanol–water partition coefficient (Wildman–Crippen LogP) is -0.225. The highest BCUT2D eigenvalue weighted by atomic mass is 16.5. The van der Waals surface area contributed by atoms with E-state index in [1.54, 1.807) is 4.90 Å². The first-order valence-electron chi connectivity index (χ1n) is 6.88. The van der Waals surface area contributed by atoms with Gasteiger partial charge in [-0.15, -0.1) is 0 Å². The van der Waals surface area contributed by atoms with Gasteiger partial charge in [0.1, 0.15) is 6.04 Å². The molecule has 0 radical (unpaired) electrons. The number of nitrogens with zero attached hydrogens (tertiary/aromatic N) is 1. The molecule has 1 N–H and O–H groups in total. The molecule has 0 spiro atoms. The maximum atomic E-state index is 12.6. The number of ether oxygens (including phenoxy) is 2. The maximum Gasteiger partial charge on any atom is 0.328 e. The summed E-state index contributed by atoms with van der Waals surface area (Å²) >= 11 is 0. The van der Waals surface area contributed by atoms with Crippen molar-refractivity contribution in [2.45, 2.75) is 31.8 Å². The van der Waals surface area contributed by atoms with E-state index in [0.717, 1.165) is 13.0 Å². The Labute approximate surface area is 113 Å². The summed E-state index contributed by atoms with van der Waals surface area (Å²) in [6, 6.07) is -0.364. The van der Waals surface area contributed by atoms with Crippen LogP contribution >= 0.6 is 0 Å². The quantitative estimate of drug-likeness (QED) is 0.715. The molecule has 6 heteroatoms. The van der Waals surface area contributed by atoms with Crippen molar-refractivity contribution in [2.24, 2.45) is 5.92 Å². The Morgan fingerprint density at radius 1 is 1.42 bits per heavy atom. The zero-order valence-electron chi connectivity index (χ0n) is 11.6. The minimum Gasteiger partial charge on any atom is -0.467 e. The van der Waals surface area contributed by atoms with Crippen LogP contribution in [0.1, 0.15) is 19.8 Å². The molecule has 2 saturated heterocycles. The highest BCUT2D eigenvalue weighted by Crippen LogP contribution is 2.24. The standard InChI is InChI=1S/C13H22N2O4/c1-3-14-10-8-19-7-9(10)12(16)15-6-4-5-11(15)13(17)18-2/h9-11,14H,3-8H2,1-2H3. The fourth-order valence-corrected chi connectivity index (χ4v) is 2.89. The van der Waals surface area contributed by atoms with E-state index in [1.807, 2.05) is 6.92 Å². The fraction of sp³-hybridized carbons (Fsp3) is 0.846. The van der Waals surface area contributed by atoms with Gasteiger partial charge in [-0.1, -0.05) is 6.92 Å².